The van der Waals surface area contributed by atoms with E-state index in [-0.39, 0.29) is 30.1 Å². The Labute approximate surface area is 129 Å². The minimum Gasteiger partial charge on any atom is -0.352 e. The van der Waals surface area contributed by atoms with Crippen LogP contribution in [0.25, 0.3) is 0 Å². The minimum atomic E-state index is -0.0708. The van der Waals surface area contributed by atoms with Gasteiger partial charge in [0, 0.05) is 31.0 Å². The maximum Gasteiger partial charge on any atom is 0.223 e. The molecule has 0 aromatic heterocycles. The fourth-order valence-corrected chi connectivity index (χ4v) is 1.96. The molecule has 20 heavy (non-hydrogen) atoms. The van der Waals surface area contributed by atoms with Crippen molar-refractivity contribution in [3.63, 3.8) is 0 Å². The smallest absolute Gasteiger partial charge is 0.223 e. The topological polar surface area (TPSA) is 58.2 Å². The van der Waals surface area contributed by atoms with Crippen LogP contribution in [0.4, 0.5) is 0 Å². The standard InChI is InChI=1S/C14H17ClN2O2.ClH/c1-9(18)16-7-10-2-5-13(15)12(6-10)8-17-14(19)11-3-4-11;/h2,5-6,11H,3-4,7-8H2,1H3,(H,16,18)(H,17,19);1H. The van der Waals surface area contributed by atoms with Crippen molar-refractivity contribution in [1.29, 1.82) is 0 Å². The minimum absolute atomic E-state index is 0. The quantitative estimate of drug-likeness (QED) is 0.876. The fourth-order valence-electron chi connectivity index (χ4n) is 1.77. The Morgan fingerprint density at radius 1 is 1.25 bits per heavy atom. The second-order valence-electron chi connectivity index (χ2n) is 4.83. The fraction of sp³-hybridized carbons (Fsp3) is 0.429. The second kappa shape index (κ2) is 7.50. The van der Waals surface area contributed by atoms with Crippen molar-refractivity contribution >= 4 is 35.8 Å². The monoisotopic (exact) mass is 316 g/mol. The molecular formula is C14H18Cl2N2O2. The number of hydrogen-bond acceptors (Lipinski definition) is 2. The van der Waals surface area contributed by atoms with Gasteiger partial charge in [-0.3, -0.25) is 9.59 Å². The van der Waals surface area contributed by atoms with E-state index in [9.17, 15) is 9.59 Å². The van der Waals surface area contributed by atoms with Crippen LogP contribution in [0.15, 0.2) is 18.2 Å². The molecule has 0 bridgehead atoms. The lowest BCUT2D eigenvalue weighted by atomic mass is 10.1. The maximum absolute atomic E-state index is 11.6. The van der Waals surface area contributed by atoms with Gasteiger partial charge in [0.2, 0.25) is 11.8 Å². The predicted octanol–water partition coefficient (Wildman–Crippen LogP) is 2.42. The van der Waals surface area contributed by atoms with Gasteiger partial charge in [0.1, 0.15) is 0 Å². The molecule has 0 unspecified atom stereocenters. The molecule has 0 radical (unpaired) electrons. The van der Waals surface area contributed by atoms with Crippen molar-refractivity contribution in [2.75, 3.05) is 0 Å². The zero-order chi connectivity index (χ0) is 13.8. The molecule has 1 fully saturated rings. The average molecular weight is 317 g/mol. The third-order valence-corrected chi connectivity index (χ3v) is 3.42. The van der Waals surface area contributed by atoms with E-state index < -0.39 is 0 Å². The van der Waals surface area contributed by atoms with Crippen LogP contribution in [0.2, 0.25) is 5.02 Å². The summed E-state index contributed by atoms with van der Waals surface area (Å²) in [4.78, 5) is 22.5. The highest BCUT2D eigenvalue weighted by Crippen LogP contribution is 2.29. The molecule has 1 aromatic carbocycles. The van der Waals surface area contributed by atoms with E-state index in [0.29, 0.717) is 18.1 Å². The van der Waals surface area contributed by atoms with Gasteiger partial charge in [-0.1, -0.05) is 23.7 Å². The molecule has 1 saturated carbocycles. The van der Waals surface area contributed by atoms with E-state index in [2.05, 4.69) is 10.6 Å². The normalized spacial score (nSPS) is 13.3. The van der Waals surface area contributed by atoms with Gasteiger partial charge in [-0.2, -0.15) is 0 Å². The highest BCUT2D eigenvalue weighted by Gasteiger charge is 2.29. The number of amides is 2. The first-order valence-corrected chi connectivity index (χ1v) is 6.73. The molecule has 0 spiro atoms. The zero-order valence-corrected chi connectivity index (χ0v) is 12.8. The largest absolute Gasteiger partial charge is 0.352 e. The lowest BCUT2D eigenvalue weighted by molar-refractivity contribution is -0.122. The molecule has 2 N–H and O–H groups in total. The van der Waals surface area contributed by atoms with Crippen LogP contribution in [-0.4, -0.2) is 11.8 Å². The van der Waals surface area contributed by atoms with Crippen LogP contribution >= 0.6 is 24.0 Å². The summed E-state index contributed by atoms with van der Waals surface area (Å²) in [5.41, 5.74) is 1.84. The van der Waals surface area contributed by atoms with Gasteiger partial charge in [-0.05, 0) is 30.0 Å². The van der Waals surface area contributed by atoms with Gasteiger partial charge in [0.25, 0.3) is 0 Å². The molecule has 110 valence electrons. The third kappa shape index (κ3) is 5.02. The number of rotatable bonds is 5. The number of carbonyl (C=O) groups is 2. The number of halogens is 2. The van der Waals surface area contributed by atoms with Crippen molar-refractivity contribution in [1.82, 2.24) is 10.6 Å². The second-order valence-corrected chi connectivity index (χ2v) is 5.23. The summed E-state index contributed by atoms with van der Waals surface area (Å²) in [6.45, 7) is 2.38. The van der Waals surface area contributed by atoms with Crippen LogP contribution in [0.3, 0.4) is 0 Å². The van der Waals surface area contributed by atoms with E-state index in [4.69, 9.17) is 11.6 Å². The summed E-state index contributed by atoms with van der Waals surface area (Å²) in [7, 11) is 0. The summed E-state index contributed by atoms with van der Waals surface area (Å²) < 4.78 is 0. The predicted molar refractivity (Wildman–Crippen MR) is 80.8 cm³/mol. The summed E-state index contributed by atoms with van der Waals surface area (Å²) in [5.74, 6) is 0.225. The molecule has 2 amide bonds. The molecule has 1 aliphatic carbocycles. The summed E-state index contributed by atoms with van der Waals surface area (Å²) in [6.07, 6.45) is 1.98. The lowest BCUT2D eigenvalue weighted by Gasteiger charge is -2.09. The Bertz CT molecular complexity index is 502. The number of hydrogen-bond donors (Lipinski definition) is 2. The highest BCUT2D eigenvalue weighted by atomic mass is 35.5. The first-order chi connectivity index (χ1) is 9.06. The molecule has 1 aromatic rings. The zero-order valence-electron chi connectivity index (χ0n) is 11.2. The van der Waals surface area contributed by atoms with E-state index in [1.807, 2.05) is 12.1 Å². The van der Waals surface area contributed by atoms with Gasteiger partial charge in [-0.15, -0.1) is 12.4 Å². The summed E-state index contributed by atoms with van der Waals surface area (Å²) in [5, 5.41) is 6.24. The van der Waals surface area contributed by atoms with E-state index in [1.165, 1.54) is 6.92 Å². The van der Waals surface area contributed by atoms with Gasteiger partial charge in [-0.25, -0.2) is 0 Å². The molecule has 0 aliphatic heterocycles. The molecule has 4 nitrogen and oxygen atoms in total. The molecular weight excluding hydrogens is 299 g/mol. The molecule has 0 atom stereocenters. The summed E-state index contributed by atoms with van der Waals surface area (Å²) >= 11 is 6.10. The molecule has 1 aliphatic rings. The number of carbonyl (C=O) groups excluding carboxylic acids is 2. The molecule has 0 saturated heterocycles. The maximum atomic E-state index is 11.6. The van der Waals surface area contributed by atoms with E-state index >= 15 is 0 Å². The number of benzene rings is 1. The third-order valence-electron chi connectivity index (χ3n) is 3.05. The van der Waals surface area contributed by atoms with Crippen molar-refractivity contribution < 1.29 is 9.59 Å². The average Bonchev–Trinajstić information content (AvgIpc) is 3.20. The van der Waals surface area contributed by atoms with Crippen LogP contribution < -0.4 is 10.6 Å². The Morgan fingerprint density at radius 3 is 2.55 bits per heavy atom. The van der Waals surface area contributed by atoms with E-state index in [1.54, 1.807) is 6.07 Å². The summed E-state index contributed by atoms with van der Waals surface area (Å²) in [6, 6.07) is 5.56. The van der Waals surface area contributed by atoms with Gasteiger partial charge >= 0.3 is 0 Å². The van der Waals surface area contributed by atoms with Crippen molar-refractivity contribution in [2.45, 2.75) is 32.9 Å². The Balaban J connectivity index is 0.00000200. The van der Waals surface area contributed by atoms with E-state index in [0.717, 1.165) is 24.0 Å². The lowest BCUT2D eigenvalue weighted by Crippen LogP contribution is -2.24. The van der Waals surface area contributed by atoms with Crippen molar-refractivity contribution in [3.8, 4) is 0 Å². The first-order valence-electron chi connectivity index (χ1n) is 6.35. The Morgan fingerprint density at radius 2 is 1.95 bits per heavy atom. The molecule has 6 heteroatoms. The Kier molecular flexibility index (Phi) is 6.30. The van der Waals surface area contributed by atoms with Crippen LogP contribution in [-0.2, 0) is 22.7 Å². The van der Waals surface area contributed by atoms with Crippen molar-refractivity contribution in [2.24, 2.45) is 5.92 Å². The van der Waals surface area contributed by atoms with Gasteiger partial charge in [0.15, 0.2) is 0 Å². The van der Waals surface area contributed by atoms with Gasteiger partial charge < -0.3 is 10.6 Å². The molecule has 2 rings (SSSR count). The SMILES string of the molecule is CC(=O)NCc1ccc(Cl)c(CNC(=O)C2CC2)c1.Cl. The Hall–Kier alpha value is -1.26. The van der Waals surface area contributed by atoms with Gasteiger partial charge in [0.05, 0.1) is 0 Å². The number of nitrogens with one attached hydrogen (secondary N) is 2. The van der Waals surface area contributed by atoms with Crippen LogP contribution in [0.5, 0.6) is 0 Å². The highest BCUT2D eigenvalue weighted by molar-refractivity contribution is 6.31. The first kappa shape index (κ1) is 16.8. The van der Waals surface area contributed by atoms with Crippen LogP contribution in [0, 0.1) is 5.92 Å². The van der Waals surface area contributed by atoms with Crippen LogP contribution in [0.1, 0.15) is 30.9 Å². The molecule has 0 heterocycles. The van der Waals surface area contributed by atoms with Crippen molar-refractivity contribution in [3.05, 3.63) is 34.3 Å².